The number of aliphatic hydroxyl groups is 7. The van der Waals surface area contributed by atoms with Gasteiger partial charge in [-0.2, -0.15) is 0 Å². The van der Waals surface area contributed by atoms with E-state index in [0.29, 0.717) is 32.1 Å². The summed E-state index contributed by atoms with van der Waals surface area (Å²) in [6.45, 7) is 2.77. The standard InChI is InChI=1S/C51H87O16P/c1-3-5-7-8-9-10-11-12-13-14-15-16-17-18-19-20-21-22-28-32-45(56)66-39-36-64-44(55)31-27-24-23-26-30-40-42(53)35-43(54)41(34-33-38(52)29-25-6-4-2)47(58)49(60)51(50(61)48(59)46(40)57)67-68(62,63)65-37-39/h9-10,12-13,23,26,33-34,38-42,46-53,57-61H,3-8,11,14-22,24-25,27-32,35-37H2,1-2H3,(H,62,63)/b10-9-,13-12-,26-23-,34-33+/t38-,39+,40-,41-,42-,46+,47+,48-,49+,50+,51+/m0/s1. The fraction of sp³-hybridized carbons (Fsp3) is 0.784. The molecule has 2 bridgehead atoms. The fourth-order valence-corrected chi connectivity index (χ4v) is 9.24. The number of esters is 2. The molecule has 2 aliphatic rings. The van der Waals surface area contributed by atoms with E-state index in [1.54, 1.807) is 12.2 Å². The van der Waals surface area contributed by atoms with E-state index >= 15 is 0 Å². The van der Waals surface area contributed by atoms with Gasteiger partial charge >= 0.3 is 19.8 Å². The summed E-state index contributed by atoms with van der Waals surface area (Å²) in [7, 11) is -5.47. The van der Waals surface area contributed by atoms with Crippen LogP contribution in [0.25, 0.3) is 0 Å². The number of fused-ring (bicyclic) bond motifs is 4. The molecule has 1 unspecified atom stereocenters. The van der Waals surface area contributed by atoms with E-state index in [0.717, 1.165) is 70.3 Å². The van der Waals surface area contributed by atoms with Crippen molar-refractivity contribution in [2.75, 3.05) is 13.2 Å². The van der Waals surface area contributed by atoms with Crippen molar-refractivity contribution >= 4 is 25.5 Å². The van der Waals surface area contributed by atoms with Crippen molar-refractivity contribution in [3.8, 4) is 0 Å². The maximum atomic E-state index is 13.7. The van der Waals surface area contributed by atoms with Crippen molar-refractivity contribution in [1.29, 1.82) is 0 Å². The van der Waals surface area contributed by atoms with Crippen molar-refractivity contribution in [2.45, 2.75) is 229 Å². The highest BCUT2D eigenvalue weighted by Crippen LogP contribution is 2.47. The lowest BCUT2D eigenvalue weighted by molar-refractivity contribution is -0.166. The highest BCUT2D eigenvalue weighted by atomic mass is 31.2. The van der Waals surface area contributed by atoms with Crippen molar-refractivity contribution in [3.05, 3.63) is 48.6 Å². The summed E-state index contributed by atoms with van der Waals surface area (Å²) in [5, 5.41) is 78.6. The molecule has 1 saturated carbocycles. The second kappa shape index (κ2) is 36.3. The normalized spacial score (nSPS) is 30.8. The summed E-state index contributed by atoms with van der Waals surface area (Å²) in [6.07, 6.45) is 15.3. The number of unbranched alkanes of at least 4 members (excludes halogenated alkanes) is 14. The molecular formula is C51H87O16P. The molecule has 1 heterocycles. The number of ketones is 1. The molecule has 0 aromatic carbocycles. The van der Waals surface area contributed by atoms with Gasteiger partial charge in [0.25, 0.3) is 0 Å². The van der Waals surface area contributed by atoms with Gasteiger partial charge in [0, 0.05) is 25.2 Å². The van der Waals surface area contributed by atoms with Gasteiger partial charge in [0.2, 0.25) is 0 Å². The Morgan fingerprint density at radius 3 is 2.03 bits per heavy atom. The zero-order valence-electron chi connectivity index (χ0n) is 40.9. The zero-order valence-corrected chi connectivity index (χ0v) is 41.7. The minimum atomic E-state index is -5.47. The van der Waals surface area contributed by atoms with Gasteiger partial charge in [-0.25, -0.2) is 4.57 Å². The van der Waals surface area contributed by atoms with E-state index in [2.05, 4.69) is 31.2 Å². The molecule has 2 rings (SSSR count). The molecule has 17 heteroatoms. The number of rotatable bonds is 25. The van der Waals surface area contributed by atoms with Gasteiger partial charge in [-0.3, -0.25) is 23.4 Å². The number of phosphoric acid groups is 1. The van der Waals surface area contributed by atoms with E-state index in [1.165, 1.54) is 44.6 Å². The zero-order chi connectivity index (χ0) is 50.2. The smallest absolute Gasteiger partial charge is 0.462 e. The SMILES string of the molecule is CCCCC/C=C\C/C=C\CCCCCCCCCCCC(=O)O[C@@H]1COC(=O)CCC/C=C\C[C@@H]2[C@@H](O)[C@H](O)[C@@H](O)[C@H](OP(=O)(O)OC1)[C@H](O)[C@H](O)[C@@H](/C=C/[C@@H](O)CCCCC)C(=O)C[C@@H]2O. The van der Waals surface area contributed by atoms with Crippen LogP contribution in [0.3, 0.4) is 0 Å². The van der Waals surface area contributed by atoms with E-state index in [1.807, 2.05) is 6.92 Å². The summed E-state index contributed by atoms with van der Waals surface area (Å²) < 4.78 is 34.7. The molecule has 0 saturated heterocycles. The largest absolute Gasteiger partial charge is 0.472 e. The van der Waals surface area contributed by atoms with E-state index in [9.17, 15) is 59.6 Å². The Balaban J connectivity index is 2.09. The minimum Gasteiger partial charge on any atom is -0.462 e. The Morgan fingerprint density at radius 1 is 0.765 bits per heavy atom. The summed E-state index contributed by atoms with van der Waals surface area (Å²) >= 11 is 0. The Morgan fingerprint density at radius 2 is 1.37 bits per heavy atom. The molecule has 8 N–H and O–H groups in total. The molecule has 1 fully saturated rings. The molecule has 0 amide bonds. The third kappa shape index (κ3) is 26.0. The summed E-state index contributed by atoms with van der Waals surface area (Å²) in [4.78, 5) is 50.2. The lowest BCUT2D eigenvalue weighted by atomic mass is 9.83. The number of carbonyl (C=O) groups excluding carboxylic acids is 3. The number of aliphatic hydroxyl groups excluding tert-OH is 7. The van der Waals surface area contributed by atoms with Crippen molar-refractivity contribution in [2.24, 2.45) is 11.8 Å². The average Bonchev–Trinajstić information content (AvgIpc) is 3.31. The number of ether oxygens (including phenoxy) is 2. The Labute approximate surface area is 405 Å². The molecule has 12 atom stereocenters. The van der Waals surface area contributed by atoms with Crippen LogP contribution >= 0.6 is 7.82 Å². The van der Waals surface area contributed by atoms with E-state index in [4.69, 9.17) is 18.5 Å². The molecule has 16 nitrogen and oxygen atoms in total. The number of Topliss-reactive ketones (excluding diaryl/α,β-unsaturated/α-hetero) is 1. The summed E-state index contributed by atoms with van der Waals surface area (Å²) in [5.41, 5.74) is 0. The van der Waals surface area contributed by atoms with Crippen LogP contribution in [0.1, 0.15) is 174 Å². The van der Waals surface area contributed by atoms with Crippen LogP contribution in [0.4, 0.5) is 0 Å². The second-order valence-electron chi connectivity index (χ2n) is 18.5. The van der Waals surface area contributed by atoms with Crippen LogP contribution in [-0.4, -0.2) is 127 Å². The maximum absolute atomic E-state index is 13.7. The molecule has 1 aliphatic heterocycles. The number of hydrogen-bond donors (Lipinski definition) is 8. The lowest BCUT2D eigenvalue weighted by Crippen LogP contribution is -2.55. The highest BCUT2D eigenvalue weighted by Gasteiger charge is 2.49. The van der Waals surface area contributed by atoms with Gasteiger partial charge in [0.05, 0.1) is 36.9 Å². The fourth-order valence-electron chi connectivity index (χ4n) is 8.26. The quantitative estimate of drug-likeness (QED) is 0.0193. The molecule has 392 valence electrons. The predicted molar refractivity (Wildman–Crippen MR) is 259 cm³/mol. The third-order valence-corrected chi connectivity index (χ3v) is 13.5. The summed E-state index contributed by atoms with van der Waals surface area (Å²) in [5.74, 6) is -5.17. The van der Waals surface area contributed by atoms with Gasteiger partial charge in [-0.1, -0.05) is 140 Å². The Hall–Kier alpha value is -2.60. The number of allylic oxidation sites excluding steroid dienone is 6. The van der Waals surface area contributed by atoms with Crippen LogP contribution in [0, 0.1) is 11.8 Å². The molecule has 0 aromatic heterocycles. The average molecular weight is 987 g/mol. The van der Waals surface area contributed by atoms with Gasteiger partial charge in [0.15, 0.2) is 6.10 Å². The van der Waals surface area contributed by atoms with Gasteiger partial charge in [0.1, 0.15) is 36.8 Å². The van der Waals surface area contributed by atoms with Crippen LogP contribution < -0.4 is 0 Å². The molecule has 0 radical (unpaired) electrons. The Bertz CT molecular complexity index is 1550. The van der Waals surface area contributed by atoms with Crippen LogP contribution in [0.5, 0.6) is 0 Å². The maximum Gasteiger partial charge on any atom is 0.472 e. The first-order chi connectivity index (χ1) is 32.6. The van der Waals surface area contributed by atoms with Crippen LogP contribution in [0.2, 0.25) is 0 Å². The third-order valence-electron chi connectivity index (χ3n) is 12.5. The Kier molecular flexibility index (Phi) is 32.9. The number of hydrogen-bond acceptors (Lipinski definition) is 15. The molecular weight excluding hydrogens is 900 g/mol. The molecule has 1 aliphatic carbocycles. The first kappa shape index (κ1) is 61.5. The minimum absolute atomic E-state index is 0.0184. The van der Waals surface area contributed by atoms with Gasteiger partial charge < -0.3 is 50.1 Å². The number of phosphoric ester groups is 1. The molecule has 0 aromatic rings. The predicted octanol–water partition coefficient (Wildman–Crippen LogP) is 7.32. The van der Waals surface area contributed by atoms with Crippen LogP contribution in [-0.2, 0) is 37.5 Å². The monoisotopic (exact) mass is 987 g/mol. The van der Waals surface area contributed by atoms with Crippen LogP contribution in [0.15, 0.2) is 48.6 Å². The van der Waals surface area contributed by atoms with E-state index in [-0.39, 0.29) is 19.3 Å². The van der Waals surface area contributed by atoms with E-state index < -0.39 is 112 Å². The lowest BCUT2D eigenvalue weighted by Gasteiger charge is -2.36. The van der Waals surface area contributed by atoms with Crippen molar-refractivity contribution < 1.29 is 78.1 Å². The topological polar surface area (TPSA) is 267 Å². The first-order valence-electron chi connectivity index (χ1n) is 25.5. The van der Waals surface area contributed by atoms with Crippen molar-refractivity contribution in [1.82, 2.24) is 0 Å². The van der Waals surface area contributed by atoms with Gasteiger partial charge in [-0.15, -0.1) is 0 Å². The number of carbonyl (C=O) groups is 3. The van der Waals surface area contributed by atoms with Gasteiger partial charge in [-0.05, 0) is 64.2 Å². The van der Waals surface area contributed by atoms with Crippen molar-refractivity contribution in [3.63, 3.8) is 0 Å². The first-order valence-corrected chi connectivity index (χ1v) is 27.0. The second-order valence-corrected chi connectivity index (χ2v) is 19.9. The molecule has 68 heavy (non-hydrogen) atoms. The summed E-state index contributed by atoms with van der Waals surface area (Å²) in [6, 6.07) is 0. The molecule has 0 spiro atoms. The number of cyclic esters (lactones) is 1. The highest BCUT2D eigenvalue weighted by molar-refractivity contribution is 7.47.